The molecular formula is C12H13F4N. The van der Waals surface area contributed by atoms with Crippen molar-refractivity contribution in [1.82, 2.24) is 5.32 Å². The first-order valence-electron chi connectivity index (χ1n) is 5.56. The Balaban J connectivity index is 2.13. The second kappa shape index (κ2) is 4.64. The third-order valence-electron chi connectivity index (χ3n) is 2.98. The van der Waals surface area contributed by atoms with Gasteiger partial charge < -0.3 is 5.32 Å². The minimum Gasteiger partial charge on any atom is -0.314 e. The summed E-state index contributed by atoms with van der Waals surface area (Å²) < 4.78 is 50.3. The molecule has 0 saturated carbocycles. The smallest absolute Gasteiger partial charge is 0.314 e. The number of rotatable bonds is 2. The van der Waals surface area contributed by atoms with Gasteiger partial charge in [0.15, 0.2) is 0 Å². The van der Waals surface area contributed by atoms with E-state index in [0.29, 0.717) is 12.0 Å². The van der Waals surface area contributed by atoms with Crippen molar-refractivity contribution in [3.63, 3.8) is 0 Å². The highest BCUT2D eigenvalue weighted by Gasteiger charge is 2.33. The van der Waals surface area contributed by atoms with Crippen LogP contribution in [0.15, 0.2) is 18.2 Å². The molecule has 1 heterocycles. The quantitative estimate of drug-likeness (QED) is 0.792. The van der Waals surface area contributed by atoms with Crippen LogP contribution in [0.5, 0.6) is 0 Å². The van der Waals surface area contributed by atoms with Crippen molar-refractivity contribution in [2.24, 2.45) is 0 Å². The fourth-order valence-electron chi connectivity index (χ4n) is 2.13. The van der Waals surface area contributed by atoms with Crippen LogP contribution in [0.1, 0.15) is 24.0 Å². The van der Waals surface area contributed by atoms with E-state index in [1.165, 1.54) is 6.07 Å². The molecule has 1 fully saturated rings. The molecule has 17 heavy (non-hydrogen) atoms. The van der Waals surface area contributed by atoms with Crippen LogP contribution in [0.4, 0.5) is 17.6 Å². The molecule has 0 unspecified atom stereocenters. The lowest BCUT2D eigenvalue weighted by Gasteiger charge is -2.12. The van der Waals surface area contributed by atoms with E-state index in [1.807, 2.05) is 0 Å². The Morgan fingerprint density at radius 2 is 2.06 bits per heavy atom. The van der Waals surface area contributed by atoms with Crippen LogP contribution in [0.25, 0.3) is 0 Å². The van der Waals surface area contributed by atoms with Crippen molar-refractivity contribution >= 4 is 0 Å². The lowest BCUT2D eigenvalue weighted by atomic mass is 10.0. The SMILES string of the molecule is Fc1cc(C[C@H]2CCCN2)ccc1C(F)(F)F. The molecule has 0 aromatic heterocycles. The van der Waals surface area contributed by atoms with Crippen LogP contribution >= 0.6 is 0 Å². The lowest BCUT2D eigenvalue weighted by Crippen LogP contribution is -2.23. The first-order chi connectivity index (χ1) is 7.97. The van der Waals surface area contributed by atoms with Gasteiger partial charge in [-0.25, -0.2) is 4.39 Å². The topological polar surface area (TPSA) is 12.0 Å². The molecule has 1 aromatic carbocycles. The summed E-state index contributed by atoms with van der Waals surface area (Å²) >= 11 is 0. The average Bonchev–Trinajstić information content (AvgIpc) is 2.68. The van der Waals surface area contributed by atoms with Gasteiger partial charge in [0.1, 0.15) is 5.82 Å². The van der Waals surface area contributed by atoms with Gasteiger partial charge in [-0.2, -0.15) is 13.2 Å². The molecule has 1 aliphatic heterocycles. The van der Waals surface area contributed by atoms with Gasteiger partial charge in [-0.15, -0.1) is 0 Å². The molecule has 1 aromatic rings. The van der Waals surface area contributed by atoms with E-state index in [2.05, 4.69) is 5.32 Å². The first-order valence-corrected chi connectivity index (χ1v) is 5.56. The minimum atomic E-state index is -4.62. The summed E-state index contributed by atoms with van der Waals surface area (Å²) in [6.07, 6.45) is -1.99. The molecule has 0 amide bonds. The number of hydrogen-bond donors (Lipinski definition) is 1. The van der Waals surface area contributed by atoms with E-state index >= 15 is 0 Å². The number of alkyl halides is 3. The molecule has 1 N–H and O–H groups in total. The fraction of sp³-hybridized carbons (Fsp3) is 0.500. The molecule has 5 heteroatoms. The van der Waals surface area contributed by atoms with E-state index in [1.54, 1.807) is 0 Å². The predicted octanol–water partition coefficient (Wildman–Crippen LogP) is 3.14. The van der Waals surface area contributed by atoms with Gasteiger partial charge in [-0.05, 0) is 43.5 Å². The Morgan fingerprint density at radius 3 is 2.59 bits per heavy atom. The summed E-state index contributed by atoms with van der Waals surface area (Å²) in [5, 5.41) is 3.22. The van der Waals surface area contributed by atoms with Crippen LogP contribution < -0.4 is 5.32 Å². The molecule has 0 bridgehead atoms. The highest BCUT2D eigenvalue weighted by atomic mass is 19.4. The molecule has 1 nitrogen and oxygen atoms in total. The van der Waals surface area contributed by atoms with Gasteiger partial charge in [-0.3, -0.25) is 0 Å². The van der Waals surface area contributed by atoms with E-state index < -0.39 is 17.6 Å². The molecule has 1 aliphatic rings. The molecule has 1 saturated heterocycles. The summed E-state index contributed by atoms with van der Waals surface area (Å²) in [6.45, 7) is 0.924. The van der Waals surface area contributed by atoms with Crippen molar-refractivity contribution in [2.45, 2.75) is 31.5 Å². The standard InChI is InChI=1S/C12H13F4N/c13-11-7-8(6-9-2-1-5-17-9)3-4-10(11)12(14,15)16/h3-4,7,9,17H,1-2,5-6H2/t9-/m1/s1. The highest BCUT2D eigenvalue weighted by Crippen LogP contribution is 2.31. The highest BCUT2D eigenvalue weighted by molar-refractivity contribution is 5.27. The van der Waals surface area contributed by atoms with Gasteiger partial charge in [0, 0.05) is 6.04 Å². The third kappa shape index (κ3) is 2.97. The van der Waals surface area contributed by atoms with Crippen molar-refractivity contribution in [2.75, 3.05) is 6.54 Å². The van der Waals surface area contributed by atoms with Crippen molar-refractivity contribution < 1.29 is 17.6 Å². The van der Waals surface area contributed by atoms with Gasteiger partial charge in [0.25, 0.3) is 0 Å². The van der Waals surface area contributed by atoms with Gasteiger partial charge in [-0.1, -0.05) is 6.07 Å². The monoisotopic (exact) mass is 247 g/mol. The van der Waals surface area contributed by atoms with Crippen LogP contribution in [0.3, 0.4) is 0 Å². The molecule has 0 radical (unpaired) electrons. The molecule has 0 aliphatic carbocycles. The molecule has 1 atom stereocenters. The molecule has 0 spiro atoms. The zero-order chi connectivity index (χ0) is 12.5. The maximum Gasteiger partial charge on any atom is 0.419 e. The molecule has 2 rings (SSSR count). The van der Waals surface area contributed by atoms with Crippen LogP contribution in [-0.4, -0.2) is 12.6 Å². The summed E-state index contributed by atoms with van der Waals surface area (Å²) in [5.74, 6) is -1.19. The Labute approximate surface area is 96.8 Å². The van der Waals surface area contributed by atoms with E-state index in [-0.39, 0.29) is 6.04 Å². The Bertz CT molecular complexity index is 394. The number of halogens is 4. The number of hydrogen-bond acceptors (Lipinski definition) is 1. The van der Waals surface area contributed by atoms with E-state index in [9.17, 15) is 17.6 Å². The predicted molar refractivity (Wildman–Crippen MR) is 56.1 cm³/mol. The van der Waals surface area contributed by atoms with Gasteiger partial charge >= 0.3 is 6.18 Å². The zero-order valence-corrected chi connectivity index (χ0v) is 9.15. The Hall–Kier alpha value is -1.10. The van der Waals surface area contributed by atoms with Crippen LogP contribution in [0.2, 0.25) is 0 Å². The first kappa shape index (κ1) is 12.4. The molecular weight excluding hydrogens is 234 g/mol. The maximum absolute atomic E-state index is 13.3. The maximum atomic E-state index is 13.3. The fourth-order valence-corrected chi connectivity index (χ4v) is 2.13. The van der Waals surface area contributed by atoms with Gasteiger partial charge in [0.05, 0.1) is 5.56 Å². The van der Waals surface area contributed by atoms with Crippen molar-refractivity contribution in [3.05, 3.63) is 35.1 Å². The zero-order valence-electron chi connectivity index (χ0n) is 9.15. The normalized spacial score (nSPS) is 20.8. The van der Waals surface area contributed by atoms with E-state index in [4.69, 9.17) is 0 Å². The minimum absolute atomic E-state index is 0.256. The van der Waals surface area contributed by atoms with Crippen molar-refractivity contribution in [1.29, 1.82) is 0 Å². The summed E-state index contributed by atoms with van der Waals surface area (Å²) in [6, 6.07) is 3.42. The Morgan fingerprint density at radius 1 is 1.29 bits per heavy atom. The van der Waals surface area contributed by atoms with Gasteiger partial charge in [0.2, 0.25) is 0 Å². The second-order valence-corrected chi connectivity index (χ2v) is 4.31. The van der Waals surface area contributed by atoms with E-state index in [0.717, 1.165) is 31.5 Å². The largest absolute Gasteiger partial charge is 0.419 e. The summed E-state index contributed by atoms with van der Waals surface area (Å²) in [5.41, 5.74) is -0.587. The second-order valence-electron chi connectivity index (χ2n) is 4.31. The average molecular weight is 247 g/mol. The number of benzene rings is 1. The Kier molecular flexibility index (Phi) is 3.38. The lowest BCUT2D eigenvalue weighted by molar-refractivity contribution is -0.140. The van der Waals surface area contributed by atoms with Crippen molar-refractivity contribution in [3.8, 4) is 0 Å². The summed E-state index contributed by atoms with van der Waals surface area (Å²) in [7, 11) is 0. The number of nitrogens with one attached hydrogen (secondary N) is 1. The van der Waals surface area contributed by atoms with Crippen LogP contribution in [0, 0.1) is 5.82 Å². The third-order valence-corrected chi connectivity index (χ3v) is 2.98. The van der Waals surface area contributed by atoms with Crippen LogP contribution in [-0.2, 0) is 12.6 Å². The summed E-state index contributed by atoms with van der Waals surface area (Å²) in [4.78, 5) is 0. The molecule has 94 valence electrons.